The Morgan fingerprint density at radius 1 is 1.33 bits per heavy atom. The van der Waals surface area contributed by atoms with Gasteiger partial charge >= 0.3 is 5.69 Å². The number of nitrogens with zero attached hydrogens (tertiary/aromatic N) is 3. The molecule has 8 nitrogen and oxygen atoms in total. The number of hydrogen-bond acceptors (Lipinski definition) is 7. The Hall–Kier alpha value is -3.34. The third kappa shape index (κ3) is 2.98. The highest BCUT2D eigenvalue weighted by Gasteiger charge is 2.15. The van der Waals surface area contributed by atoms with Gasteiger partial charge in [0.15, 0.2) is 11.5 Å². The number of benzene rings is 1. The third-order valence-electron chi connectivity index (χ3n) is 2.58. The number of nitro groups is 1. The molecule has 0 atom stereocenters. The Balaban J connectivity index is 2.32. The highest BCUT2D eigenvalue weighted by atomic mass is 16.6. The number of nitriles is 1. The second kappa shape index (κ2) is 5.75. The van der Waals surface area contributed by atoms with E-state index in [4.69, 9.17) is 20.5 Å². The summed E-state index contributed by atoms with van der Waals surface area (Å²) in [5.41, 5.74) is 5.60. The zero-order valence-electron chi connectivity index (χ0n) is 10.9. The second-order valence-electron chi connectivity index (χ2n) is 3.89. The molecule has 0 aliphatic carbocycles. The third-order valence-corrected chi connectivity index (χ3v) is 2.58. The zero-order chi connectivity index (χ0) is 15.4. The first-order chi connectivity index (χ1) is 10.0. The van der Waals surface area contributed by atoms with Gasteiger partial charge in [-0.3, -0.25) is 10.1 Å². The van der Waals surface area contributed by atoms with Gasteiger partial charge in [-0.2, -0.15) is 10.2 Å². The van der Waals surface area contributed by atoms with E-state index in [1.807, 2.05) is 6.07 Å². The quantitative estimate of drug-likeness (QED) is 0.674. The summed E-state index contributed by atoms with van der Waals surface area (Å²) in [5.74, 6) is 0.497. The van der Waals surface area contributed by atoms with E-state index in [0.29, 0.717) is 17.1 Å². The van der Waals surface area contributed by atoms with E-state index in [2.05, 4.69) is 4.98 Å². The minimum atomic E-state index is -0.631. The molecule has 0 fully saturated rings. The predicted molar refractivity (Wildman–Crippen MR) is 73.1 cm³/mol. The average Bonchev–Trinajstić information content (AvgIpc) is 2.47. The number of aromatic nitrogens is 1. The molecule has 0 aliphatic heterocycles. The van der Waals surface area contributed by atoms with E-state index in [1.165, 1.54) is 31.4 Å². The van der Waals surface area contributed by atoms with Crippen LogP contribution in [0.5, 0.6) is 17.4 Å². The first-order valence-electron chi connectivity index (χ1n) is 5.72. The summed E-state index contributed by atoms with van der Waals surface area (Å²) in [4.78, 5) is 13.8. The largest absolute Gasteiger partial charge is 0.493 e. The van der Waals surface area contributed by atoms with Crippen LogP contribution >= 0.6 is 0 Å². The number of pyridine rings is 1. The standard InChI is InChI=1S/C13H10N4O4/c1-20-11-6-8(7-14)2-4-10(11)21-12-5-3-9(17(18)19)13(15)16-12/h2-6H,1H3,(H2,15,16). The molecule has 2 N–H and O–H groups in total. The summed E-state index contributed by atoms with van der Waals surface area (Å²) >= 11 is 0. The molecule has 0 saturated heterocycles. The first-order valence-corrected chi connectivity index (χ1v) is 5.72. The van der Waals surface area contributed by atoms with E-state index in [-0.39, 0.29) is 17.4 Å². The lowest BCUT2D eigenvalue weighted by Gasteiger charge is -2.10. The van der Waals surface area contributed by atoms with Crippen molar-refractivity contribution in [2.75, 3.05) is 12.8 Å². The molecule has 2 rings (SSSR count). The summed E-state index contributed by atoms with van der Waals surface area (Å²) in [7, 11) is 1.43. The number of anilines is 1. The van der Waals surface area contributed by atoms with Crippen LogP contribution in [0.25, 0.3) is 0 Å². The molecule has 1 aromatic heterocycles. The molecule has 106 valence electrons. The van der Waals surface area contributed by atoms with Crippen molar-refractivity contribution in [3.63, 3.8) is 0 Å². The van der Waals surface area contributed by atoms with Gasteiger partial charge in [0.05, 0.1) is 23.7 Å². The first kappa shape index (κ1) is 14.1. The molecule has 0 unspecified atom stereocenters. The SMILES string of the molecule is COc1cc(C#N)ccc1Oc1ccc([N+](=O)[O-])c(N)n1. The van der Waals surface area contributed by atoms with Crippen molar-refractivity contribution >= 4 is 11.5 Å². The van der Waals surface area contributed by atoms with Gasteiger partial charge in [0.1, 0.15) is 0 Å². The van der Waals surface area contributed by atoms with E-state index >= 15 is 0 Å². The number of nitrogens with two attached hydrogens (primary N) is 1. The van der Waals surface area contributed by atoms with Gasteiger partial charge in [0.25, 0.3) is 0 Å². The Morgan fingerprint density at radius 3 is 2.67 bits per heavy atom. The molecule has 8 heteroatoms. The van der Waals surface area contributed by atoms with Crippen molar-refractivity contribution in [2.24, 2.45) is 0 Å². The predicted octanol–water partition coefficient (Wildman–Crippen LogP) is 2.24. The van der Waals surface area contributed by atoms with Crippen molar-refractivity contribution < 1.29 is 14.4 Å². The average molecular weight is 286 g/mol. The molecule has 0 spiro atoms. The topological polar surface area (TPSA) is 124 Å². The second-order valence-corrected chi connectivity index (χ2v) is 3.89. The fourth-order valence-electron chi connectivity index (χ4n) is 1.59. The highest BCUT2D eigenvalue weighted by Crippen LogP contribution is 2.32. The van der Waals surface area contributed by atoms with E-state index in [9.17, 15) is 10.1 Å². The van der Waals surface area contributed by atoms with Crippen LogP contribution in [0.4, 0.5) is 11.5 Å². The lowest BCUT2D eigenvalue weighted by Crippen LogP contribution is -2.00. The molecule has 2 aromatic rings. The van der Waals surface area contributed by atoms with Crippen LogP contribution in [0, 0.1) is 21.4 Å². The van der Waals surface area contributed by atoms with Crippen molar-refractivity contribution in [3.05, 3.63) is 46.0 Å². The van der Waals surface area contributed by atoms with Crippen LogP contribution in [0.3, 0.4) is 0 Å². The van der Waals surface area contributed by atoms with Crippen LogP contribution in [0.15, 0.2) is 30.3 Å². The fraction of sp³-hybridized carbons (Fsp3) is 0.0769. The maximum absolute atomic E-state index is 10.7. The smallest absolute Gasteiger partial charge is 0.311 e. The fourth-order valence-corrected chi connectivity index (χ4v) is 1.59. The van der Waals surface area contributed by atoms with Crippen molar-refractivity contribution in [1.82, 2.24) is 4.98 Å². The van der Waals surface area contributed by atoms with Crippen LogP contribution in [0.1, 0.15) is 5.56 Å². The molecule has 1 aromatic carbocycles. The van der Waals surface area contributed by atoms with Gasteiger partial charge in [0.2, 0.25) is 11.7 Å². The van der Waals surface area contributed by atoms with Gasteiger partial charge in [-0.15, -0.1) is 0 Å². The summed E-state index contributed by atoms with van der Waals surface area (Å²) < 4.78 is 10.6. The van der Waals surface area contributed by atoms with Crippen molar-refractivity contribution in [2.45, 2.75) is 0 Å². The van der Waals surface area contributed by atoms with Gasteiger partial charge in [-0.1, -0.05) is 0 Å². The molecule has 0 amide bonds. The molecule has 0 saturated carbocycles. The molecule has 21 heavy (non-hydrogen) atoms. The van der Waals surface area contributed by atoms with Crippen molar-refractivity contribution in [3.8, 4) is 23.4 Å². The molecular weight excluding hydrogens is 276 g/mol. The summed E-state index contributed by atoms with van der Waals surface area (Å²) in [6, 6.07) is 9.09. The van der Waals surface area contributed by atoms with Crippen LogP contribution < -0.4 is 15.2 Å². The normalized spacial score (nSPS) is 9.71. The number of methoxy groups -OCH3 is 1. The summed E-state index contributed by atoms with van der Waals surface area (Å²) in [6.07, 6.45) is 0. The molecule has 1 heterocycles. The van der Waals surface area contributed by atoms with E-state index in [0.717, 1.165) is 0 Å². The minimum absolute atomic E-state index is 0.0844. The number of hydrogen-bond donors (Lipinski definition) is 1. The summed E-state index contributed by atoms with van der Waals surface area (Å²) in [6.45, 7) is 0. The summed E-state index contributed by atoms with van der Waals surface area (Å²) in [5, 5.41) is 19.5. The van der Waals surface area contributed by atoms with Gasteiger partial charge < -0.3 is 15.2 Å². The van der Waals surface area contributed by atoms with Crippen LogP contribution in [0.2, 0.25) is 0 Å². The number of rotatable bonds is 4. The lowest BCUT2D eigenvalue weighted by atomic mass is 10.2. The Morgan fingerprint density at radius 2 is 2.10 bits per heavy atom. The van der Waals surface area contributed by atoms with Gasteiger partial charge in [0, 0.05) is 18.2 Å². The van der Waals surface area contributed by atoms with E-state index < -0.39 is 4.92 Å². The van der Waals surface area contributed by atoms with E-state index in [1.54, 1.807) is 6.07 Å². The minimum Gasteiger partial charge on any atom is -0.493 e. The maximum atomic E-state index is 10.7. The molecular formula is C13H10N4O4. The monoisotopic (exact) mass is 286 g/mol. The number of ether oxygens (including phenoxy) is 2. The van der Waals surface area contributed by atoms with Crippen molar-refractivity contribution in [1.29, 1.82) is 5.26 Å². The van der Waals surface area contributed by atoms with Crippen LogP contribution in [-0.2, 0) is 0 Å². The zero-order valence-corrected chi connectivity index (χ0v) is 10.9. The Kier molecular flexibility index (Phi) is 3.85. The van der Waals surface area contributed by atoms with Crippen LogP contribution in [-0.4, -0.2) is 17.0 Å². The van der Waals surface area contributed by atoms with Gasteiger partial charge in [-0.05, 0) is 12.1 Å². The number of nitrogen functional groups attached to an aromatic ring is 1. The Bertz CT molecular complexity index is 739. The maximum Gasteiger partial charge on any atom is 0.311 e. The van der Waals surface area contributed by atoms with Gasteiger partial charge in [-0.25, -0.2) is 0 Å². The Labute approximate surface area is 119 Å². The molecule has 0 bridgehead atoms. The highest BCUT2D eigenvalue weighted by molar-refractivity contribution is 5.54. The molecule has 0 radical (unpaired) electrons. The molecule has 0 aliphatic rings. The lowest BCUT2D eigenvalue weighted by molar-refractivity contribution is -0.384.